The monoisotopic (exact) mass is 280 g/mol. The van der Waals surface area contributed by atoms with E-state index in [9.17, 15) is 4.79 Å². The molecule has 3 rings (SSSR count). The average molecular weight is 280 g/mol. The van der Waals surface area contributed by atoms with Crippen LogP contribution in [-0.2, 0) is 28.0 Å². The molecule has 21 heavy (non-hydrogen) atoms. The summed E-state index contributed by atoms with van der Waals surface area (Å²) in [6.45, 7) is 3.30. The summed E-state index contributed by atoms with van der Waals surface area (Å²) < 4.78 is 5.92. The first-order chi connectivity index (χ1) is 10.2. The molecule has 0 bridgehead atoms. The van der Waals surface area contributed by atoms with E-state index in [-0.39, 0.29) is 5.41 Å². The van der Waals surface area contributed by atoms with Crippen LogP contribution in [0.15, 0.2) is 54.6 Å². The lowest BCUT2D eigenvalue weighted by Crippen LogP contribution is -2.36. The molecule has 0 aliphatic heterocycles. The van der Waals surface area contributed by atoms with E-state index in [2.05, 4.69) is 31.2 Å². The number of carbonyl (C=O) groups is 1. The van der Waals surface area contributed by atoms with Crippen LogP contribution in [0.4, 0.5) is 0 Å². The fourth-order valence-electron chi connectivity index (χ4n) is 3.17. The van der Waals surface area contributed by atoms with Crippen molar-refractivity contribution in [3.63, 3.8) is 0 Å². The molecule has 2 heteroatoms. The molecule has 2 aromatic rings. The third-order valence-electron chi connectivity index (χ3n) is 4.17. The van der Waals surface area contributed by atoms with Crippen LogP contribution < -0.4 is 0 Å². The van der Waals surface area contributed by atoms with Gasteiger partial charge in [0, 0.05) is 18.3 Å². The van der Waals surface area contributed by atoms with E-state index in [1.165, 1.54) is 5.56 Å². The van der Waals surface area contributed by atoms with Gasteiger partial charge in [-0.3, -0.25) is 4.79 Å². The Morgan fingerprint density at radius 3 is 2.57 bits per heavy atom. The van der Waals surface area contributed by atoms with E-state index in [0.717, 1.165) is 11.1 Å². The highest BCUT2D eigenvalue weighted by molar-refractivity contribution is 5.85. The Labute approximate surface area is 125 Å². The minimum absolute atomic E-state index is 0.208. The highest BCUT2D eigenvalue weighted by Gasteiger charge is 2.35. The lowest BCUT2D eigenvalue weighted by atomic mass is 9.71. The van der Waals surface area contributed by atoms with Gasteiger partial charge in [0.25, 0.3) is 0 Å². The predicted molar refractivity (Wildman–Crippen MR) is 83.2 cm³/mol. The normalized spacial score (nSPS) is 21.1. The zero-order valence-electron chi connectivity index (χ0n) is 12.3. The Morgan fingerprint density at radius 2 is 1.76 bits per heavy atom. The van der Waals surface area contributed by atoms with Gasteiger partial charge in [0.05, 0.1) is 13.2 Å². The van der Waals surface area contributed by atoms with Gasteiger partial charge in [-0.2, -0.15) is 0 Å². The van der Waals surface area contributed by atoms with E-state index in [0.29, 0.717) is 31.8 Å². The molecule has 0 saturated carbocycles. The number of rotatable bonds is 4. The number of fused-ring (bicyclic) bond motifs is 1. The van der Waals surface area contributed by atoms with Crippen molar-refractivity contribution in [2.45, 2.75) is 31.8 Å². The molecular formula is C19H20O2. The number of hydrogen-bond donors (Lipinski definition) is 0. The molecule has 108 valence electrons. The Balaban J connectivity index is 1.73. The second-order valence-electron chi connectivity index (χ2n) is 6.09. The second-order valence-corrected chi connectivity index (χ2v) is 6.09. The molecule has 0 aromatic heterocycles. The van der Waals surface area contributed by atoms with Gasteiger partial charge in [0.15, 0.2) is 0 Å². The van der Waals surface area contributed by atoms with Crippen molar-refractivity contribution in [2.24, 2.45) is 0 Å². The largest absolute Gasteiger partial charge is 0.376 e. The topological polar surface area (TPSA) is 26.3 Å². The molecule has 1 aliphatic rings. The van der Waals surface area contributed by atoms with Crippen LogP contribution in [0, 0.1) is 0 Å². The number of ether oxygens (including phenoxy) is 1. The molecule has 0 N–H and O–H groups in total. The summed E-state index contributed by atoms with van der Waals surface area (Å²) in [4.78, 5) is 12.0. The first-order valence-electron chi connectivity index (χ1n) is 7.39. The Morgan fingerprint density at radius 1 is 1.05 bits per heavy atom. The van der Waals surface area contributed by atoms with E-state index in [1.54, 1.807) is 0 Å². The third kappa shape index (κ3) is 3.06. The van der Waals surface area contributed by atoms with Gasteiger partial charge in [-0.25, -0.2) is 0 Å². The summed E-state index contributed by atoms with van der Waals surface area (Å²) in [6.07, 6.45) is 1.13. The quantitative estimate of drug-likeness (QED) is 0.854. The highest BCUT2D eigenvalue weighted by Crippen LogP contribution is 2.36. The number of ketones is 1. The number of hydrogen-bond acceptors (Lipinski definition) is 2. The van der Waals surface area contributed by atoms with Crippen LogP contribution in [0.1, 0.15) is 30.0 Å². The zero-order valence-corrected chi connectivity index (χ0v) is 12.3. The fraction of sp³-hybridized carbons (Fsp3) is 0.316. The molecule has 1 aliphatic carbocycles. The van der Waals surface area contributed by atoms with Crippen molar-refractivity contribution in [2.75, 3.05) is 6.61 Å². The first kappa shape index (κ1) is 14.0. The van der Waals surface area contributed by atoms with Crippen LogP contribution in [0.25, 0.3) is 0 Å². The van der Waals surface area contributed by atoms with Gasteiger partial charge in [0.2, 0.25) is 0 Å². The van der Waals surface area contributed by atoms with Gasteiger partial charge in [-0.15, -0.1) is 0 Å². The van der Waals surface area contributed by atoms with Gasteiger partial charge < -0.3 is 4.74 Å². The maximum absolute atomic E-state index is 12.0. The molecule has 2 nitrogen and oxygen atoms in total. The average Bonchev–Trinajstić information content (AvgIpc) is 2.48. The summed E-state index contributed by atoms with van der Waals surface area (Å²) in [5.74, 6) is 0.305. The molecule has 0 spiro atoms. The standard InChI is InChI=1S/C19H20O2/c1-19(14-21-13-15-7-3-2-4-8-15)12-17(20)11-16-9-5-6-10-18(16)19/h2-10H,11-14H2,1H3/t19-/m0/s1. The van der Waals surface area contributed by atoms with Crippen LogP contribution in [-0.4, -0.2) is 12.4 Å². The molecule has 2 aromatic carbocycles. The minimum atomic E-state index is -0.208. The Hall–Kier alpha value is -1.93. The lowest BCUT2D eigenvalue weighted by molar-refractivity contribution is -0.121. The molecule has 0 radical (unpaired) electrons. The maximum atomic E-state index is 12.0. The fourth-order valence-corrected chi connectivity index (χ4v) is 3.17. The second kappa shape index (κ2) is 5.82. The molecular weight excluding hydrogens is 260 g/mol. The van der Waals surface area contributed by atoms with E-state index in [1.807, 2.05) is 30.3 Å². The number of carbonyl (C=O) groups excluding carboxylic acids is 1. The van der Waals surface area contributed by atoms with Crippen molar-refractivity contribution in [3.05, 3.63) is 71.3 Å². The molecule has 1 atom stereocenters. The summed E-state index contributed by atoms with van der Waals surface area (Å²) in [7, 11) is 0. The van der Waals surface area contributed by atoms with Gasteiger partial charge in [-0.05, 0) is 16.7 Å². The van der Waals surface area contributed by atoms with Crippen molar-refractivity contribution in [1.82, 2.24) is 0 Å². The molecule has 0 saturated heterocycles. The van der Waals surface area contributed by atoms with Crippen molar-refractivity contribution in [1.29, 1.82) is 0 Å². The van der Waals surface area contributed by atoms with E-state index < -0.39 is 0 Å². The SMILES string of the molecule is C[C@@]1(COCc2ccccc2)CC(=O)Cc2ccccc21. The minimum Gasteiger partial charge on any atom is -0.376 e. The summed E-state index contributed by atoms with van der Waals surface area (Å²) in [5, 5.41) is 0. The van der Waals surface area contributed by atoms with Gasteiger partial charge in [0.1, 0.15) is 5.78 Å². The van der Waals surface area contributed by atoms with Crippen LogP contribution in [0.5, 0.6) is 0 Å². The Bertz CT molecular complexity index is 633. The Kier molecular flexibility index (Phi) is 3.89. The van der Waals surface area contributed by atoms with Crippen LogP contribution in [0.2, 0.25) is 0 Å². The maximum Gasteiger partial charge on any atom is 0.138 e. The highest BCUT2D eigenvalue weighted by atomic mass is 16.5. The first-order valence-corrected chi connectivity index (χ1v) is 7.39. The molecule has 0 amide bonds. The molecule has 0 fully saturated rings. The van der Waals surface area contributed by atoms with Crippen LogP contribution >= 0.6 is 0 Å². The predicted octanol–water partition coefficient (Wildman–Crippen LogP) is 3.68. The molecule has 0 heterocycles. The van der Waals surface area contributed by atoms with Crippen molar-refractivity contribution < 1.29 is 9.53 Å². The van der Waals surface area contributed by atoms with E-state index in [4.69, 9.17) is 4.74 Å². The third-order valence-corrected chi connectivity index (χ3v) is 4.17. The van der Waals surface area contributed by atoms with Crippen molar-refractivity contribution in [3.8, 4) is 0 Å². The van der Waals surface area contributed by atoms with Gasteiger partial charge in [-0.1, -0.05) is 61.5 Å². The summed E-state index contributed by atoms with van der Waals surface area (Å²) >= 11 is 0. The number of Topliss-reactive ketones (excluding diaryl/α,β-unsaturated/α-hetero) is 1. The zero-order chi connectivity index (χ0) is 14.7. The molecule has 0 unspecified atom stereocenters. The van der Waals surface area contributed by atoms with Crippen LogP contribution in [0.3, 0.4) is 0 Å². The smallest absolute Gasteiger partial charge is 0.138 e. The summed E-state index contributed by atoms with van der Waals surface area (Å²) in [5.41, 5.74) is 3.37. The van der Waals surface area contributed by atoms with E-state index >= 15 is 0 Å². The van der Waals surface area contributed by atoms with Crippen molar-refractivity contribution >= 4 is 5.78 Å². The lowest BCUT2D eigenvalue weighted by Gasteiger charge is -2.35. The summed E-state index contributed by atoms with van der Waals surface area (Å²) in [6, 6.07) is 18.4. The number of benzene rings is 2. The van der Waals surface area contributed by atoms with Gasteiger partial charge >= 0.3 is 0 Å².